The van der Waals surface area contributed by atoms with Gasteiger partial charge in [-0.25, -0.2) is 0 Å². The molecule has 0 heterocycles. The topological polar surface area (TPSA) is 54.0 Å². The smallest absolute Gasteiger partial charge is 0.0628 e. The summed E-state index contributed by atoms with van der Waals surface area (Å²) < 4.78 is 10.4. The number of aliphatic hydroxyl groups excluding tert-OH is 1. The fourth-order valence-electron chi connectivity index (χ4n) is 2.90. The van der Waals surface area contributed by atoms with Crippen LogP contribution in [0.15, 0.2) is 0 Å². The van der Waals surface area contributed by atoms with Crippen LogP contribution < -0.4 is 5.32 Å². The Morgan fingerprint density at radius 1 is 1.19 bits per heavy atom. The maximum atomic E-state index is 10.0. The van der Waals surface area contributed by atoms with Crippen molar-refractivity contribution in [1.29, 1.82) is 0 Å². The van der Waals surface area contributed by atoms with Gasteiger partial charge in [0.25, 0.3) is 0 Å². The quantitative estimate of drug-likeness (QED) is 0.471. The molecule has 0 aliphatic heterocycles. The van der Waals surface area contributed by atoms with Gasteiger partial charge >= 0.3 is 0 Å². The van der Waals surface area contributed by atoms with E-state index in [0.717, 1.165) is 52.2 Å². The molecule has 0 amide bonds. The van der Waals surface area contributed by atoms with Gasteiger partial charge in [-0.2, -0.15) is 0 Å². The SMILES string of the molecule is CCCNC(CO)(CN(CCCOC)CCOC)C1CC1. The Bertz CT molecular complexity index is 262. The standard InChI is InChI=1S/C16H34N2O3/c1-4-8-17-16(14-19,15-6-7-15)13-18(10-12-21-3)9-5-11-20-2/h15,17,19H,4-14H2,1-3H3. The van der Waals surface area contributed by atoms with Crippen LogP contribution in [0.5, 0.6) is 0 Å². The molecule has 5 nitrogen and oxygen atoms in total. The number of hydrogen-bond acceptors (Lipinski definition) is 5. The summed E-state index contributed by atoms with van der Waals surface area (Å²) in [6.45, 7) is 7.64. The molecule has 21 heavy (non-hydrogen) atoms. The molecule has 1 saturated carbocycles. The second kappa shape index (κ2) is 10.5. The van der Waals surface area contributed by atoms with Crippen LogP contribution >= 0.6 is 0 Å². The first-order chi connectivity index (χ1) is 10.2. The van der Waals surface area contributed by atoms with Crippen molar-refractivity contribution in [3.8, 4) is 0 Å². The minimum atomic E-state index is -0.142. The first-order valence-corrected chi connectivity index (χ1v) is 8.28. The summed E-state index contributed by atoms with van der Waals surface area (Å²) in [5.74, 6) is 0.613. The molecule has 0 bridgehead atoms. The molecule has 0 radical (unpaired) electrons. The number of nitrogens with one attached hydrogen (secondary N) is 1. The summed E-state index contributed by atoms with van der Waals surface area (Å²) in [7, 11) is 3.48. The van der Waals surface area contributed by atoms with Crippen LogP contribution in [0, 0.1) is 5.92 Å². The van der Waals surface area contributed by atoms with Gasteiger partial charge in [-0.3, -0.25) is 4.90 Å². The van der Waals surface area contributed by atoms with Gasteiger partial charge in [0.2, 0.25) is 0 Å². The van der Waals surface area contributed by atoms with Crippen LogP contribution in [0.2, 0.25) is 0 Å². The van der Waals surface area contributed by atoms with Crippen molar-refractivity contribution < 1.29 is 14.6 Å². The lowest BCUT2D eigenvalue weighted by Crippen LogP contribution is -2.58. The maximum absolute atomic E-state index is 10.0. The van der Waals surface area contributed by atoms with Gasteiger partial charge in [0.15, 0.2) is 0 Å². The first kappa shape index (κ1) is 18.8. The minimum absolute atomic E-state index is 0.142. The van der Waals surface area contributed by atoms with Gasteiger partial charge in [0.1, 0.15) is 0 Å². The second-order valence-electron chi connectivity index (χ2n) is 6.13. The number of ether oxygens (including phenoxy) is 2. The zero-order valence-corrected chi connectivity index (χ0v) is 14.1. The predicted octanol–water partition coefficient (Wildman–Crippen LogP) is 1.11. The molecular weight excluding hydrogens is 268 g/mol. The number of nitrogens with zero attached hydrogens (tertiary/aromatic N) is 1. The molecule has 0 aromatic rings. The van der Waals surface area contributed by atoms with E-state index in [4.69, 9.17) is 9.47 Å². The average molecular weight is 302 g/mol. The van der Waals surface area contributed by atoms with Crippen molar-refractivity contribution >= 4 is 0 Å². The Kier molecular flexibility index (Phi) is 9.44. The zero-order chi connectivity index (χ0) is 15.6. The van der Waals surface area contributed by atoms with Gasteiger partial charge in [-0.1, -0.05) is 6.92 Å². The highest BCUT2D eigenvalue weighted by molar-refractivity contribution is 5.02. The van der Waals surface area contributed by atoms with Crippen LogP contribution in [0.3, 0.4) is 0 Å². The van der Waals surface area contributed by atoms with E-state index >= 15 is 0 Å². The molecule has 1 aliphatic carbocycles. The highest BCUT2D eigenvalue weighted by Crippen LogP contribution is 2.40. The molecule has 0 aromatic heterocycles. The lowest BCUT2D eigenvalue weighted by molar-refractivity contribution is 0.0686. The van der Waals surface area contributed by atoms with E-state index in [9.17, 15) is 5.11 Å². The minimum Gasteiger partial charge on any atom is -0.394 e. The third-order valence-corrected chi connectivity index (χ3v) is 4.31. The van der Waals surface area contributed by atoms with Crippen molar-refractivity contribution in [2.45, 2.75) is 38.1 Å². The first-order valence-electron chi connectivity index (χ1n) is 8.28. The Morgan fingerprint density at radius 3 is 2.43 bits per heavy atom. The van der Waals surface area contributed by atoms with Crippen molar-refractivity contribution in [1.82, 2.24) is 10.2 Å². The average Bonchev–Trinajstić information content (AvgIpc) is 3.34. The fourth-order valence-corrected chi connectivity index (χ4v) is 2.90. The largest absolute Gasteiger partial charge is 0.394 e. The van der Waals surface area contributed by atoms with Gasteiger partial charge in [0, 0.05) is 40.5 Å². The Hall–Kier alpha value is -0.200. The van der Waals surface area contributed by atoms with E-state index in [-0.39, 0.29) is 12.1 Å². The number of rotatable bonds is 14. The third kappa shape index (κ3) is 6.61. The molecule has 1 unspecified atom stereocenters. The summed E-state index contributed by atoms with van der Waals surface area (Å²) >= 11 is 0. The molecule has 5 heteroatoms. The maximum Gasteiger partial charge on any atom is 0.0628 e. The van der Waals surface area contributed by atoms with Crippen LogP contribution in [0.4, 0.5) is 0 Å². The van der Waals surface area contributed by atoms with Crippen molar-refractivity contribution in [2.75, 3.05) is 60.2 Å². The van der Waals surface area contributed by atoms with E-state index in [2.05, 4.69) is 17.1 Å². The summed E-state index contributed by atoms with van der Waals surface area (Å²) in [6.07, 6.45) is 4.57. The van der Waals surface area contributed by atoms with E-state index in [0.29, 0.717) is 5.92 Å². The highest BCUT2D eigenvalue weighted by atomic mass is 16.5. The van der Waals surface area contributed by atoms with Crippen molar-refractivity contribution in [3.63, 3.8) is 0 Å². The van der Waals surface area contributed by atoms with Crippen molar-refractivity contribution in [2.24, 2.45) is 5.92 Å². The Labute approximate surface area is 130 Å². The van der Waals surface area contributed by atoms with Crippen LogP contribution in [0.25, 0.3) is 0 Å². The molecule has 1 fully saturated rings. The van der Waals surface area contributed by atoms with E-state index < -0.39 is 0 Å². The lowest BCUT2D eigenvalue weighted by Gasteiger charge is -2.38. The summed E-state index contributed by atoms with van der Waals surface area (Å²) in [4.78, 5) is 2.40. The van der Waals surface area contributed by atoms with Gasteiger partial charge in [-0.05, 0) is 38.1 Å². The second-order valence-corrected chi connectivity index (χ2v) is 6.13. The highest BCUT2D eigenvalue weighted by Gasteiger charge is 2.45. The monoisotopic (exact) mass is 302 g/mol. The molecule has 1 atom stereocenters. The molecule has 126 valence electrons. The van der Waals surface area contributed by atoms with Crippen LogP contribution in [0.1, 0.15) is 32.6 Å². The fraction of sp³-hybridized carbons (Fsp3) is 1.00. The molecule has 1 rings (SSSR count). The van der Waals surface area contributed by atoms with Crippen molar-refractivity contribution in [3.05, 3.63) is 0 Å². The summed E-state index contributed by atoms with van der Waals surface area (Å²) in [5.41, 5.74) is -0.142. The normalized spacial score (nSPS) is 18.1. The summed E-state index contributed by atoms with van der Waals surface area (Å²) in [6, 6.07) is 0. The molecule has 0 spiro atoms. The number of hydrogen-bond donors (Lipinski definition) is 2. The van der Waals surface area contributed by atoms with Gasteiger partial charge < -0.3 is 19.9 Å². The van der Waals surface area contributed by atoms with E-state index in [1.165, 1.54) is 12.8 Å². The molecule has 2 N–H and O–H groups in total. The zero-order valence-electron chi connectivity index (χ0n) is 14.1. The van der Waals surface area contributed by atoms with Gasteiger partial charge in [0.05, 0.1) is 18.8 Å². The number of aliphatic hydroxyl groups is 1. The third-order valence-electron chi connectivity index (χ3n) is 4.31. The Morgan fingerprint density at radius 2 is 1.90 bits per heavy atom. The lowest BCUT2D eigenvalue weighted by atomic mass is 9.92. The Balaban J connectivity index is 2.59. The molecular formula is C16H34N2O3. The summed E-state index contributed by atoms with van der Waals surface area (Å²) in [5, 5.41) is 13.6. The molecule has 0 aromatic carbocycles. The van der Waals surface area contributed by atoms with E-state index in [1.54, 1.807) is 14.2 Å². The molecule has 0 saturated heterocycles. The predicted molar refractivity (Wildman–Crippen MR) is 85.6 cm³/mol. The van der Waals surface area contributed by atoms with Crippen LogP contribution in [-0.4, -0.2) is 75.8 Å². The van der Waals surface area contributed by atoms with Gasteiger partial charge in [-0.15, -0.1) is 0 Å². The van der Waals surface area contributed by atoms with E-state index in [1.807, 2.05) is 0 Å². The molecule has 1 aliphatic rings. The van der Waals surface area contributed by atoms with Crippen LogP contribution in [-0.2, 0) is 9.47 Å². The number of methoxy groups -OCH3 is 2.